The van der Waals surface area contributed by atoms with Crippen molar-refractivity contribution in [2.24, 2.45) is 5.41 Å². The molecule has 33 heavy (non-hydrogen) atoms. The summed E-state index contributed by atoms with van der Waals surface area (Å²) < 4.78 is 0. The minimum absolute atomic E-state index is 0.107. The number of rotatable bonds is 8. The monoisotopic (exact) mass is 440 g/mol. The zero-order valence-corrected chi connectivity index (χ0v) is 19.3. The lowest BCUT2D eigenvalue weighted by atomic mass is 9.73. The maximum atomic E-state index is 13.6. The number of likely N-dealkylation sites (tertiary alicyclic amines) is 1. The first kappa shape index (κ1) is 22.9. The van der Waals surface area contributed by atoms with E-state index in [1.54, 1.807) is 12.4 Å². The van der Waals surface area contributed by atoms with Gasteiger partial charge in [-0.15, -0.1) is 6.58 Å². The van der Waals surface area contributed by atoms with Gasteiger partial charge in [0.25, 0.3) is 0 Å². The summed E-state index contributed by atoms with van der Waals surface area (Å²) in [5.41, 5.74) is 5.26. The molecular formula is C28H32N4O. The number of aryl methyl sites for hydroxylation is 1. The molecule has 1 saturated heterocycles. The molecule has 0 radical (unpaired) electrons. The van der Waals surface area contributed by atoms with Crippen LogP contribution >= 0.6 is 0 Å². The summed E-state index contributed by atoms with van der Waals surface area (Å²) >= 11 is 0. The van der Waals surface area contributed by atoms with Crippen LogP contribution in [0.2, 0.25) is 0 Å². The van der Waals surface area contributed by atoms with Crippen LogP contribution in [0, 0.1) is 12.3 Å². The van der Waals surface area contributed by atoms with Gasteiger partial charge in [0.2, 0.25) is 5.91 Å². The van der Waals surface area contributed by atoms with Gasteiger partial charge in [-0.2, -0.15) is 0 Å². The second kappa shape index (κ2) is 10.5. The van der Waals surface area contributed by atoms with E-state index in [-0.39, 0.29) is 5.91 Å². The molecule has 1 amide bonds. The van der Waals surface area contributed by atoms with Gasteiger partial charge in [-0.05, 0) is 49.4 Å². The molecule has 0 bridgehead atoms. The molecule has 2 aromatic carbocycles. The molecule has 2 heterocycles. The quantitative estimate of drug-likeness (QED) is 0.521. The van der Waals surface area contributed by atoms with E-state index in [4.69, 9.17) is 0 Å². The van der Waals surface area contributed by atoms with Crippen molar-refractivity contribution in [2.75, 3.05) is 19.6 Å². The van der Waals surface area contributed by atoms with Crippen LogP contribution in [0.5, 0.6) is 0 Å². The van der Waals surface area contributed by atoms with Crippen molar-refractivity contribution in [1.82, 2.24) is 20.2 Å². The van der Waals surface area contributed by atoms with Crippen LogP contribution in [0.25, 0.3) is 11.1 Å². The molecule has 170 valence electrons. The average Bonchev–Trinajstić information content (AvgIpc) is 2.83. The maximum absolute atomic E-state index is 13.6. The lowest BCUT2D eigenvalue weighted by Crippen LogP contribution is -2.53. The first-order valence-corrected chi connectivity index (χ1v) is 11.6. The highest BCUT2D eigenvalue weighted by atomic mass is 16.2. The highest BCUT2D eigenvalue weighted by molar-refractivity contribution is 5.84. The van der Waals surface area contributed by atoms with Crippen LogP contribution in [-0.4, -0.2) is 40.4 Å². The number of aromatic nitrogens is 2. The van der Waals surface area contributed by atoms with E-state index in [2.05, 4.69) is 70.1 Å². The highest BCUT2D eigenvalue weighted by Gasteiger charge is 2.42. The topological polar surface area (TPSA) is 58.1 Å². The van der Waals surface area contributed by atoms with Gasteiger partial charge >= 0.3 is 0 Å². The van der Waals surface area contributed by atoms with E-state index >= 15 is 0 Å². The van der Waals surface area contributed by atoms with Crippen molar-refractivity contribution in [3.05, 3.63) is 96.6 Å². The molecule has 0 unspecified atom stereocenters. The summed E-state index contributed by atoms with van der Waals surface area (Å²) in [7, 11) is 0. The molecule has 0 spiro atoms. The van der Waals surface area contributed by atoms with Gasteiger partial charge in [0.15, 0.2) is 0 Å². The first-order valence-electron chi connectivity index (χ1n) is 11.6. The lowest BCUT2D eigenvalue weighted by Gasteiger charge is -2.42. The zero-order chi connectivity index (χ0) is 23.1. The molecule has 1 aliphatic heterocycles. The van der Waals surface area contributed by atoms with Crippen LogP contribution in [0.4, 0.5) is 0 Å². The second-order valence-corrected chi connectivity index (χ2v) is 9.04. The van der Waals surface area contributed by atoms with Crippen LogP contribution in [0.15, 0.2) is 79.9 Å². The molecule has 5 nitrogen and oxygen atoms in total. The number of carbonyl (C=O) groups is 1. The lowest BCUT2D eigenvalue weighted by molar-refractivity contribution is -0.134. The fourth-order valence-electron chi connectivity index (χ4n) is 4.95. The zero-order valence-electron chi connectivity index (χ0n) is 19.3. The van der Waals surface area contributed by atoms with Gasteiger partial charge in [-0.3, -0.25) is 9.69 Å². The van der Waals surface area contributed by atoms with E-state index < -0.39 is 5.41 Å². The molecule has 1 aliphatic rings. The van der Waals surface area contributed by atoms with E-state index in [0.717, 1.165) is 49.2 Å². The van der Waals surface area contributed by atoms with E-state index in [1.165, 1.54) is 11.1 Å². The molecular weight excluding hydrogens is 408 g/mol. The standard InChI is InChI=1S/C28H32N4O/c1-3-13-31-27(33)28(12-7-14-32(20-28)19-23-9-6-8-22(2)15-23)16-24-10-4-5-11-26(24)25-17-29-21-30-18-25/h3-6,8-11,15,17-18,21H,1,7,12-14,16,19-20H2,2H3,(H,31,33)/t28-/m1/s1. The summed E-state index contributed by atoms with van der Waals surface area (Å²) in [6.07, 6.45) is 9.48. The molecule has 1 N–H and O–H groups in total. The Morgan fingerprint density at radius 2 is 2.00 bits per heavy atom. The molecule has 0 aliphatic carbocycles. The molecule has 5 heteroatoms. The van der Waals surface area contributed by atoms with E-state index in [9.17, 15) is 4.79 Å². The molecule has 0 saturated carbocycles. The number of nitrogens with zero attached hydrogens (tertiary/aromatic N) is 3. The highest BCUT2D eigenvalue weighted by Crippen LogP contribution is 2.37. The van der Waals surface area contributed by atoms with Crippen molar-refractivity contribution in [3.63, 3.8) is 0 Å². The van der Waals surface area contributed by atoms with Crippen LogP contribution in [-0.2, 0) is 17.8 Å². The van der Waals surface area contributed by atoms with E-state index in [1.807, 2.05) is 24.5 Å². The van der Waals surface area contributed by atoms with Crippen molar-refractivity contribution >= 4 is 5.91 Å². The van der Waals surface area contributed by atoms with Crippen LogP contribution in [0.3, 0.4) is 0 Å². The fourth-order valence-corrected chi connectivity index (χ4v) is 4.95. The number of piperidine rings is 1. The van der Waals surface area contributed by atoms with Crippen molar-refractivity contribution in [1.29, 1.82) is 0 Å². The molecule has 4 rings (SSSR count). The Morgan fingerprint density at radius 3 is 2.79 bits per heavy atom. The number of amides is 1. The predicted octanol–water partition coefficient (Wildman–Crippen LogP) is 4.58. The minimum atomic E-state index is -0.503. The van der Waals surface area contributed by atoms with Crippen molar-refractivity contribution in [2.45, 2.75) is 32.7 Å². The Balaban J connectivity index is 1.64. The Bertz CT molecular complexity index is 1100. The number of hydrogen-bond acceptors (Lipinski definition) is 4. The summed E-state index contributed by atoms with van der Waals surface area (Å²) in [6, 6.07) is 16.9. The average molecular weight is 441 g/mol. The van der Waals surface area contributed by atoms with Crippen LogP contribution < -0.4 is 5.32 Å². The van der Waals surface area contributed by atoms with Crippen molar-refractivity contribution in [3.8, 4) is 11.1 Å². The Hall–Kier alpha value is -3.31. The third-order valence-electron chi connectivity index (χ3n) is 6.45. The van der Waals surface area contributed by atoms with Crippen molar-refractivity contribution < 1.29 is 4.79 Å². The third-order valence-corrected chi connectivity index (χ3v) is 6.45. The third kappa shape index (κ3) is 5.55. The number of hydrogen-bond donors (Lipinski definition) is 1. The summed E-state index contributed by atoms with van der Waals surface area (Å²) in [5, 5.41) is 3.11. The first-order chi connectivity index (χ1) is 16.1. The Kier molecular flexibility index (Phi) is 7.30. The molecule has 3 aromatic rings. The van der Waals surface area contributed by atoms with E-state index in [0.29, 0.717) is 13.0 Å². The van der Waals surface area contributed by atoms with Gasteiger partial charge in [-0.25, -0.2) is 9.97 Å². The second-order valence-electron chi connectivity index (χ2n) is 9.04. The SMILES string of the molecule is C=CCNC(=O)[C@@]1(Cc2ccccc2-c2cncnc2)CCCN(Cc2cccc(C)c2)C1. The number of carbonyl (C=O) groups excluding carboxylic acids is 1. The summed E-state index contributed by atoms with van der Waals surface area (Å²) in [6.45, 7) is 8.96. The predicted molar refractivity (Wildman–Crippen MR) is 133 cm³/mol. The van der Waals surface area contributed by atoms with Gasteiger partial charge in [0.1, 0.15) is 6.33 Å². The number of nitrogens with one attached hydrogen (secondary N) is 1. The van der Waals surface area contributed by atoms with Gasteiger partial charge in [-0.1, -0.05) is 60.2 Å². The maximum Gasteiger partial charge on any atom is 0.228 e. The van der Waals surface area contributed by atoms with Gasteiger partial charge < -0.3 is 5.32 Å². The van der Waals surface area contributed by atoms with Gasteiger partial charge in [0.05, 0.1) is 5.41 Å². The van der Waals surface area contributed by atoms with Crippen LogP contribution in [0.1, 0.15) is 29.5 Å². The number of benzene rings is 2. The molecule has 1 aromatic heterocycles. The Morgan fingerprint density at radius 1 is 1.18 bits per heavy atom. The smallest absolute Gasteiger partial charge is 0.228 e. The Labute approximate surface area is 196 Å². The molecule has 1 fully saturated rings. The normalized spacial score (nSPS) is 18.6. The molecule has 1 atom stereocenters. The minimum Gasteiger partial charge on any atom is -0.352 e. The fraction of sp³-hybridized carbons (Fsp3) is 0.321. The summed E-state index contributed by atoms with van der Waals surface area (Å²) in [5.74, 6) is 0.107. The van der Waals surface area contributed by atoms with Gasteiger partial charge in [0, 0.05) is 37.6 Å². The summed E-state index contributed by atoms with van der Waals surface area (Å²) in [4.78, 5) is 24.4. The largest absolute Gasteiger partial charge is 0.352 e.